The number of hydrogen-bond donors (Lipinski definition) is 2. The molecule has 5 heteroatoms. The fourth-order valence-electron chi connectivity index (χ4n) is 4.09. The third-order valence-corrected chi connectivity index (χ3v) is 5.46. The Morgan fingerprint density at radius 2 is 1.92 bits per heavy atom. The molecule has 2 aliphatic rings. The van der Waals surface area contributed by atoms with Crippen LogP contribution in [0.3, 0.4) is 0 Å². The Bertz CT molecular complexity index is 720. The zero-order valence-electron chi connectivity index (χ0n) is 14.2. The van der Waals surface area contributed by atoms with Gasteiger partial charge < -0.3 is 16.4 Å². The lowest BCUT2D eigenvalue weighted by Crippen LogP contribution is -2.30. The molecule has 0 radical (unpaired) electrons. The van der Waals surface area contributed by atoms with E-state index in [1.54, 1.807) is 0 Å². The lowest BCUT2D eigenvalue weighted by molar-refractivity contribution is 0.565. The standard InChI is InChI=1S/C19H25N5/c1-12-10-24(11-16(12)20)18-15-9-5-8-14(13-6-3-2-4-7-13)17(15)22-19(21)23-18/h2-4,6-7,12,14,16H,5,8-11,20H2,1H3,(H2,21,22,23)/t12-,14?,16-/m1/s1. The number of nitrogen functional groups attached to an aromatic ring is 1. The van der Waals surface area contributed by atoms with Crippen LogP contribution in [0.25, 0.3) is 0 Å². The van der Waals surface area contributed by atoms with Crippen molar-refractivity contribution in [1.29, 1.82) is 0 Å². The summed E-state index contributed by atoms with van der Waals surface area (Å²) < 4.78 is 0. The van der Waals surface area contributed by atoms with Crippen LogP contribution in [0.1, 0.15) is 42.5 Å². The predicted octanol–water partition coefficient (Wildman–Crippen LogP) is 2.31. The van der Waals surface area contributed by atoms with E-state index in [0.29, 0.717) is 17.8 Å². The van der Waals surface area contributed by atoms with Crippen LogP contribution in [0.4, 0.5) is 11.8 Å². The highest BCUT2D eigenvalue weighted by molar-refractivity contribution is 5.56. The van der Waals surface area contributed by atoms with Crippen LogP contribution >= 0.6 is 0 Å². The van der Waals surface area contributed by atoms with Crippen molar-refractivity contribution in [3.8, 4) is 0 Å². The first-order chi connectivity index (χ1) is 11.6. The first-order valence-electron chi connectivity index (χ1n) is 8.85. The van der Waals surface area contributed by atoms with Crippen LogP contribution in [-0.2, 0) is 6.42 Å². The number of rotatable bonds is 2. The maximum Gasteiger partial charge on any atom is 0.222 e. The van der Waals surface area contributed by atoms with Gasteiger partial charge in [0.1, 0.15) is 5.82 Å². The number of benzene rings is 1. The molecule has 0 spiro atoms. The zero-order valence-corrected chi connectivity index (χ0v) is 14.2. The summed E-state index contributed by atoms with van der Waals surface area (Å²) in [4.78, 5) is 11.6. The van der Waals surface area contributed by atoms with Crippen LogP contribution in [0.15, 0.2) is 30.3 Å². The summed E-state index contributed by atoms with van der Waals surface area (Å²) in [5, 5.41) is 0. The molecule has 1 aliphatic heterocycles. The van der Waals surface area contributed by atoms with Crippen LogP contribution in [-0.4, -0.2) is 29.1 Å². The van der Waals surface area contributed by atoms with Gasteiger partial charge in [0.05, 0.1) is 5.69 Å². The Kier molecular flexibility index (Phi) is 3.88. The summed E-state index contributed by atoms with van der Waals surface area (Å²) in [7, 11) is 0. The third-order valence-electron chi connectivity index (χ3n) is 5.46. The molecule has 0 amide bonds. The predicted molar refractivity (Wildman–Crippen MR) is 97.0 cm³/mol. The van der Waals surface area contributed by atoms with Crippen molar-refractivity contribution in [2.24, 2.45) is 11.7 Å². The van der Waals surface area contributed by atoms with Crippen LogP contribution in [0, 0.1) is 5.92 Å². The number of nitrogens with two attached hydrogens (primary N) is 2. The Balaban J connectivity index is 1.78. The normalized spacial score (nSPS) is 26.4. The topological polar surface area (TPSA) is 81.1 Å². The van der Waals surface area contributed by atoms with Crippen molar-refractivity contribution < 1.29 is 0 Å². The summed E-state index contributed by atoms with van der Waals surface area (Å²) in [6.45, 7) is 3.99. The molecule has 3 atom stereocenters. The lowest BCUT2D eigenvalue weighted by Gasteiger charge is -2.29. The monoisotopic (exact) mass is 323 g/mol. The van der Waals surface area contributed by atoms with Gasteiger partial charge in [-0.2, -0.15) is 4.98 Å². The Morgan fingerprint density at radius 3 is 2.62 bits per heavy atom. The molecule has 1 aromatic heterocycles. The van der Waals surface area contributed by atoms with Gasteiger partial charge in [-0.1, -0.05) is 37.3 Å². The van der Waals surface area contributed by atoms with Crippen LogP contribution < -0.4 is 16.4 Å². The van der Waals surface area contributed by atoms with Crippen LogP contribution in [0.2, 0.25) is 0 Å². The second-order valence-electron chi connectivity index (χ2n) is 7.17. The molecule has 2 aromatic rings. The third kappa shape index (κ3) is 2.63. The van der Waals surface area contributed by atoms with E-state index in [-0.39, 0.29) is 6.04 Å². The van der Waals surface area contributed by atoms with E-state index >= 15 is 0 Å². The minimum absolute atomic E-state index is 0.199. The Morgan fingerprint density at radius 1 is 1.12 bits per heavy atom. The van der Waals surface area contributed by atoms with Gasteiger partial charge in [-0.15, -0.1) is 0 Å². The fourth-order valence-corrected chi connectivity index (χ4v) is 4.09. The summed E-state index contributed by atoms with van der Waals surface area (Å²) >= 11 is 0. The number of hydrogen-bond acceptors (Lipinski definition) is 5. The molecule has 0 bridgehead atoms. The molecule has 2 heterocycles. The molecule has 1 fully saturated rings. The van der Waals surface area contributed by atoms with Gasteiger partial charge in [-0.25, -0.2) is 4.98 Å². The highest BCUT2D eigenvalue weighted by Crippen LogP contribution is 2.40. The molecule has 1 aliphatic carbocycles. The maximum absolute atomic E-state index is 6.22. The highest BCUT2D eigenvalue weighted by atomic mass is 15.2. The summed E-state index contributed by atoms with van der Waals surface area (Å²) in [6, 6.07) is 10.8. The Labute approximate surface area is 143 Å². The van der Waals surface area contributed by atoms with Gasteiger partial charge >= 0.3 is 0 Å². The van der Waals surface area contributed by atoms with Gasteiger partial charge in [0.25, 0.3) is 0 Å². The molecule has 0 saturated carbocycles. The first-order valence-corrected chi connectivity index (χ1v) is 8.85. The number of nitrogens with zero attached hydrogens (tertiary/aromatic N) is 3. The highest BCUT2D eigenvalue weighted by Gasteiger charge is 2.33. The molecule has 1 saturated heterocycles. The van der Waals surface area contributed by atoms with Crippen molar-refractivity contribution in [2.45, 2.75) is 38.1 Å². The summed E-state index contributed by atoms with van der Waals surface area (Å²) in [6.07, 6.45) is 3.29. The lowest BCUT2D eigenvalue weighted by atomic mass is 9.82. The molecule has 126 valence electrons. The fraction of sp³-hybridized carbons (Fsp3) is 0.474. The van der Waals surface area contributed by atoms with Crippen molar-refractivity contribution in [2.75, 3.05) is 23.7 Å². The molecule has 4 N–H and O–H groups in total. The molecule has 24 heavy (non-hydrogen) atoms. The van der Waals surface area contributed by atoms with Crippen molar-refractivity contribution in [3.05, 3.63) is 47.2 Å². The van der Waals surface area contributed by atoms with E-state index in [4.69, 9.17) is 11.5 Å². The van der Waals surface area contributed by atoms with Gasteiger partial charge in [0.15, 0.2) is 0 Å². The first kappa shape index (κ1) is 15.4. The smallest absolute Gasteiger partial charge is 0.222 e. The number of fused-ring (bicyclic) bond motifs is 1. The number of anilines is 2. The largest absolute Gasteiger partial charge is 0.368 e. The molecule has 5 nitrogen and oxygen atoms in total. The minimum atomic E-state index is 0.199. The number of aromatic nitrogens is 2. The van der Waals surface area contributed by atoms with E-state index in [2.05, 4.69) is 52.1 Å². The molecule has 1 aromatic carbocycles. The molecular weight excluding hydrogens is 298 g/mol. The summed E-state index contributed by atoms with van der Waals surface area (Å²) in [5.74, 6) is 2.18. The van der Waals surface area contributed by atoms with Crippen LogP contribution in [0.5, 0.6) is 0 Å². The zero-order chi connectivity index (χ0) is 16.7. The Hall–Kier alpha value is -2.14. The van der Waals surface area contributed by atoms with Gasteiger partial charge in [0.2, 0.25) is 5.95 Å². The SMILES string of the molecule is C[C@@H]1CN(c2nc(N)nc3c2CCCC3c2ccccc2)C[C@H]1N. The second-order valence-corrected chi connectivity index (χ2v) is 7.17. The quantitative estimate of drug-likeness (QED) is 0.886. The van der Waals surface area contributed by atoms with Gasteiger partial charge in [-0.05, 0) is 30.7 Å². The molecule has 4 rings (SSSR count). The molecular formula is C19H25N5. The summed E-state index contributed by atoms with van der Waals surface area (Å²) in [5.41, 5.74) is 16.0. The van der Waals surface area contributed by atoms with E-state index < -0.39 is 0 Å². The maximum atomic E-state index is 6.22. The van der Waals surface area contributed by atoms with E-state index in [9.17, 15) is 0 Å². The average molecular weight is 323 g/mol. The van der Waals surface area contributed by atoms with E-state index in [1.165, 1.54) is 11.1 Å². The van der Waals surface area contributed by atoms with Crippen molar-refractivity contribution >= 4 is 11.8 Å². The average Bonchev–Trinajstić information content (AvgIpc) is 2.93. The minimum Gasteiger partial charge on any atom is -0.368 e. The molecule has 1 unspecified atom stereocenters. The second kappa shape index (κ2) is 6.06. The van der Waals surface area contributed by atoms with Crippen molar-refractivity contribution in [1.82, 2.24) is 9.97 Å². The van der Waals surface area contributed by atoms with E-state index in [1.807, 2.05) is 0 Å². The van der Waals surface area contributed by atoms with Gasteiger partial charge in [-0.3, -0.25) is 0 Å². The van der Waals surface area contributed by atoms with Gasteiger partial charge in [0, 0.05) is 30.6 Å². The van der Waals surface area contributed by atoms with E-state index in [0.717, 1.165) is 43.9 Å². The van der Waals surface area contributed by atoms with Crippen molar-refractivity contribution in [3.63, 3.8) is 0 Å².